The van der Waals surface area contributed by atoms with Gasteiger partial charge in [0.2, 0.25) is 5.91 Å². The van der Waals surface area contributed by atoms with Crippen molar-refractivity contribution in [2.75, 3.05) is 6.61 Å². The lowest BCUT2D eigenvalue weighted by Crippen LogP contribution is -2.46. The number of unbranched alkanes of at least 4 members (excludes halogenated alkanes) is 26. The molecule has 6 heteroatoms. The van der Waals surface area contributed by atoms with Crippen molar-refractivity contribution >= 4 is 11.9 Å². The van der Waals surface area contributed by atoms with Crippen molar-refractivity contribution in [2.45, 2.75) is 277 Å². The Labute approximate surface area is 372 Å². The van der Waals surface area contributed by atoms with E-state index in [-0.39, 0.29) is 24.9 Å². The number of nitrogens with one attached hydrogen (secondary N) is 1. The molecule has 3 atom stereocenters. The summed E-state index contributed by atoms with van der Waals surface area (Å²) in [5.74, 6) is -0.502. The fraction of sp³-hybridized carbons (Fsp3) is 0.815. The van der Waals surface area contributed by atoms with Crippen molar-refractivity contribution in [1.29, 1.82) is 0 Å². The van der Waals surface area contributed by atoms with Crippen LogP contribution >= 0.6 is 0 Å². The van der Waals surface area contributed by atoms with Crippen LogP contribution in [0.3, 0.4) is 0 Å². The maximum Gasteiger partial charge on any atom is 0.306 e. The van der Waals surface area contributed by atoms with Gasteiger partial charge in [0, 0.05) is 6.42 Å². The van der Waals surface area contributed by atoms with E-state index in [1.165, 1.54) is 122 Å². The molecule has 0 bridgehead atoms. The van der Waals surface area contributed by atoms with E-state index in [0.29, 0.717) is 19.3 Å². The van der Waals surface area contributed by atoms with Gasteiger partial charge in [0.15, 0.2) is 0 Å². The van der Waals surface area contributed by atoms with Crippen molar-refractivity contribution < 1.29 is 24.5 Å². The third-order valence-corrected chi connectivity index (χ3v) is 11.6. The largest absolute Gasteiger partial charge is 0.462 e. The van der Waals surface area contributed by atoms with Gasteiger partial charge < -0.3 is 20.3 Å². The highest BCUT2D eigenvalue weighted by molar-refractivity contribution is 5.77. The summed E-state index contributed by atoms with van der Waals surface area (Å²) >= 11 is 0. The van der Waals surface area contributed by atoms with Gasteiger partial charge in [-0.05, 0) is 83.5 Å². The zero-order valence-electron chi connectivity index (χ0n) is 39.8. The minimum atomic E-state index is -0.792. The number of rotatable bonds is 46. The number of hydrogen-bond donors (Lipinski definition) is 3. The quantitative estimate of drug-likeness (QED) is 0.0322. The van der Waals surface area contributed by atoms with Gasteiger partial charge in [-0.15, -0.1) is 0 Å². The molecule has 0 radical (unpaired) electrons. The van der Waals surface area contributed by atoms with Gasteiger partial charge in [0.25, 0.3) is 0 Å². The lowest BCUT2D eigenvalue weighted by atomic mass is 10.0. The normalized spacial score (nSPS) is 13.6. The molecule has 60 heavy (non-hydrogen) atoms. The summed E-state index contributed by atoms with van der Waals surface area (Å²) in [6.45, 7) is 6.41. The van der Waals surface area contributed by atoms with Crippen molar-refractivity contribution in [2.24, 2.45) is 0 Å². The predicted octanol–water partition coefficient (Wildman–Crippen LogP) is 15.5. The van der Waals surface area contributed by atoms with Crippen LogP contribution < -0.4 is 5.32 Å². The molecule has 0 aromatic rings. The lowest BCUT2D eigenvalue weighted by molar-refractivity contribution is -0.151. The number of ether oxygens (including phenoxy) is 1. The Balaban J connectivity index is 4.47. The van der Waals surface area contributed by atoms with Gasteiger partial charge in [-0.2, -0.15) is 0 Å². The first-order valence-corrected chi connectivity index (χ1v) is 25.9. The number of aliphatic hydroxyl groups excluding tert-OH is 2. The topological polar surface area (TPSA) is 95.9 Å². The standard InChI is InChI=1S/C54H99NO5/c1-4-7-10-13-16-19-21-23-24-25-26-27-28-30-32-35-38-41-44-47-54(59)60-50(45-42-39-36-33-18-15-12-9-6-3)48-53(58)55-51(49-56)52(57)46-43-40-37-34-31-29-22-20-17-14-11-8-5-2/h15-16,18-19,23-24,26-27,50-52,56-57H,4-14,17,20-22,25,28-49H2,1-3H3,(H,55,58)/b18-15-,19-16-,24-23-,27-26-. The summed E-state index contributed by atoms with van der Waals surface area (Å²) in [6.07, 6.45) is 57.5. The molecule has 0 aliphatic rings. The first-order valence-electron chi connectivity index (χ1n) is 25.9. The number of esters is 1. The molecule has 0 fully saturated rings. The summed E-state index contributed by atoms with van der Waals surface area (Å²) in [5.41, 5.74) is 0. The Kier molecular flexibility index (Phi) is 46.1. The summed E-state index contributed by atoms with van der Waals surface area (Å²) in [7, 11) is 0. The van der Waals surface area contributed by atoms with E-state index in [1.54, 1.807) is 0 Å². The number of carbonyl (C=O) groups is 2. The van der Waals surface area contributed by atoms with E-state index in [9.17, 15) is 19.8 Å². The van der Waals surface area contributed by atoms with E-state index in [4.69, 9.17) is 4.74 Å². The van der Waals surface area contributed by atoms with E-state index < -0.39 is 18.2 Å². The molecular formula is C54H99NO5. The molecule has 0 aliphatic carbocycles. The average molecular weight is 842 g/mol. The molecule has 0 heterocycles. The Morgan fingerprint density at radius 3 is 1.40 bits per heavy atom. The second-order valence-electron chi connectivity index (χ2n) is 17.6. The zero-order chi connectivity index (χ0) is 43.8. The van der Waals surface area contributed by atoms with Crippen LogP contribution in [0, 0.1) is 0 Å². The number of allylic oxidation sites excluding steroid dienone is 8. The third kappa shape index (κ3) is 42.5. The summed E-state index contributed by atoms with van der Waals surface area (Å²) < 4.78 is 5.90. The molecule has 1 amide bonds. The van der Waals surface area contributed by atoms with Gasteiger partial charge in [0.05, 0.1) is 25.2 Å². The maximum absolute atomic E-state index is 13.2. The molecule has 0 aromatic heterocycles. The minimum Gasteiger partial charge on any atom is -0.462 e. The molecule has 0 rings (SSSR count). The van der Waals surface area contributed by atoms with E-state index >= 15 is 0 Å². The lowest BCUT2D eigenvalue weighted by Gasteiger charge is -2.24. The van der Waals surface area contributed by atoms with Crippen molar-refractivity contribution in [1.82, 2.24) is 5.32 Å². The molecule has 3 unspecified atom stereocenters. The van der Waals surface area contributed by atoms with E-state index in [2.05, 4.69) is 74.7 Å². The first-order chi connectivity index (χ1) is 29.5. The van der Waals surface area contributed by atoms with Crippen LogP contribution in [0.1, 0.15) is 258 Å². The number of amides is 1. The van der Waals surface area contributed by atoms with Gasteiger partial charge >= 0.3 is 5.97 Å². The van der Waals surface area contributed by atoms with Crippen LogP contribution in [0.25, 0.3) is 0 Å². The number of aliphatic hydroxyl groups is 2. The second-order valence-corrected chi connectivity index (χ2v) is 17.6. The monoisotopic (exact) mass is 842 g/mol. The molecule has 0 spiro atoms. The summed E-state index contributed by atoms with van der Waals surface area (Å²) in [4.78, 5) is 26.1. The van der Waals surface area contributed by atoms with Crippen LogP contribution in [0.2, 0.25) is 0 Å². The highest BCUT2D eigenvalue weighted by Gasteiger charge is 2.24. The van der Waals surface area contributed by atoms with Crippen LogP contribution in [0.5, 0.6) is 0 Å². The van der Waals surface area contributed by atoms with Gasteiger partial charge in [0.1, 0.15) is 6.10 Å². The molecule has 0 saturated heterocycles. The Bertz CT molecular complexity index is 1040. The Morgan fingerprint density at radius 1 is 0.483 bits per heavy atom. The Morgan fingerprint density at radius 2 is 0.867 bits per heavy atom. The second kappa shape index (κ2) is 47.9. The summed E-state index contributed by atoms with van der Waals surface area (Å²) in [5, 5.41) is 23.7. The Hall–Kier alpha value is -2.18. The third-order valence-electron chi connectivity index (χ3n) is 11.6. The SMILES string of the molecule is CCCC/C=C\CCCCCC(CC(=O)NC(CO)C(O)CCCCCCCCCCCCCCC)OC(=O)CCCCCCCC/C=C\C/C=C\C/C=C\CCCCC. The van der Waals surface area contributed by atoms with Crippen LogP contribution in [0.15, 0.2) is 48.6 Å². The number of carbonyl (C=O) groups excluding carboxylic acids is 2. The molecule has 3 N–H and O–H groups in total. The van der Waals surface area contributed by atoms with Crippen LogP contribution in [0.4, 0.5) is 0 Å². The van der Waals surface area contributed by atoms with Crippen LogP contribution in [-0.4, -0.2) is 46.9 Å². The molecule has 0 saturated carbocycles. The van der Waals surface area contributed by atoms with Crippen molar-refractivity contribution in [3.05, 3.63) is 48.6 Å². The zero-order valence-corrected chi connectivity index (χ0v) is 39.8. The first kappa shape index (κ1) is 57.8. The van der Waals surface area contributed by atoms with Crippen molar-refractivity contribution in [3.8, 4) is 0 Å². The summed E-state index contributed by atoms with van der Waals surface area (Å²) in [6, 6.07) is -0.707. The highest BCUT2D eigenvalue weighted by atomic mass is 16.5. The average Bonchev–Trinajstić information content (AvgIpc) is 3.24. The van der Waals surface area contributed by atoms with Crippen LogP contribution in [-0.2, 0) is 14.3 Å². The van der Waals surface area contributed by atoms with E-state index in [0.717, 1.165) is 89.9 Å². The van der Waals surface area contributed by atoms with Gasteiger partial charge in [-0.1, -0.05) is 211 Å². The van der Waals surface area contributed by atoms with E-state index in [1.807, 2.05) is 0 Å². The maximum atomic E-state index is 13.2. The molecular weight excluding hydrogens is 743 g/mol. The van der Waals surface area contributed by atoms with Gasteiger partial charge in [-0.3, -0.25) is 9.59 Å². The fourth-order valence-corrected chi connectivity index (χ4v) is 7.65. The molecule has 350 valence electrons. The smallest absolute Gasteiger partial charge is 0.306 e. The number of hydrogen-bond acceptors (Lipinski definition) is 5. The van der Waals surface area contributed by atoms with Gasteiger partial charge in [-0.25, -0.2) is 0 Å². The minimum absolute atomic E-state index is 0.0614. The molecule has 6 nitrogen and oxygen atoms in total. The highest BCUT2D eigenvalue weighted by Crippen LogP contribution is 2.17. The predicted molar refractivity (Wildman–Crippen MR) is 259 cm³/mol. The molecule has 0 aliphatic heterocycles. The molecule has 0 aromatic carbocycles. The fourth-order valence-electron chi connectivity index (χ4n) is 7.65. The van der Waals surface area contributed by atoms with Crippen molar-refractivity contribution in [3.63, 3.8) is 0 Å².